The molecule has 1 fully saturated rings. The molecule has 5 nitrogen and oxygen atoms in total. The van der Waals surface area contributed by atoms with Crippen molar-refractivity contribution in [1.29, 1.82) is 0 Å². The van der Waals surface area contributed by atoms with Crippen LogP contribution in [0.4, 0.5) is 14.9 Å². The molecule has 1 aromatic rings. The third-order valence-corrected chi connectivity index (χ3v) is 3.87. The predicted octanol–water partition coefficient (Wildman–Crippen LogP) is 3.04. The normalized spacial score (nSPS) is 16.5. The van der Waals surface area contributed by atoms with Crippen LogP contribution in [0.15, 0.2) is 18.2 Å². The van der Waals surface area contributed by atoms with E-state index in [1.54, 1.807) is 6.92 Å². The molecule has 1 aliphatic carbocycles. The predicted molar refractivity (Wildman–Crippen MR) is 76.7 cm³/mol. The number of carbonyl (C=O) groups excluding carboxylic acids is 1. The fourth-order valence-corrected chi connectivity index (χ4v) is 2.85. The number of rotatable bonds is 4. The highest BCUT2D eigenvalue weighted by atomic mass is 19.1. The van der Waals surface area contributed by atoms with Gasteiger partial charge in [0.15, 0.2) is 0 Å². The molecular formula is C15H19FN2O3. The molecule has 2 rings (SSSR count). The fraction of sp³-hybridized carbons (Fsp3) is 0.467. The Balaban J connectivity index is 2.04. The van der Waals surface area contributed by atoms with E-state index >= 15 is 0 Å². The molecule has 114 valence electrons. The lowest BCUT2D eigenvalue weighted by molar-refractivity contribution is -0.138. The maximum atomic E-state index is 13.0. The second kappa shape index (κ2) is 6.11. The molecule has 1 aromatic carbocycles. The number of carboxylic acids is 1. The number of anilines is 1. The van der Waals surface area contributed by atoms with Crippen LogP contribution in [0, 0.1) is 12.7 Å². The summed E-state index contributed by atoms with van der Waals surface area (Å²) in [6.07, 6.45) is 3.05. The zero-order valence-electron chi connectivity index (χ0n) is 11.9. The molecule has 0 unspecified atom stereocenters. The third-order valence-electron chi connectivity index (χ3n) is 3.87. The molecule has 0 atom stereocenters. The third kappa shape index (κ3) is 3.93. The number of hydrogen-bond donors (Lipinski definition) is 3. The van der Waals surface area contributed by atoms with Gasteiger partial charge in [-0.3, -0.25) is 4.79 Å². The van der Waals surface area contributed by atoms with E-state index in [9.17, 15) is 14.0 Å². The summed E-state index contributed by atoms with van der Waals surface area (Å²) >= 11 is 0. The van der Waals surface area contributed by atoms with Crippen molar-refractivity contribution in [2.45, 2.75) is 44.6 Å². The topological polar surface area (TPSA) is 78.4 Å². The van der Waals surface area contributed by atoms with E-state index in [1.165, 1.54) is 18.2 Å². The van der Waals surface area contributed by atoms with Crippen molar-refractivity contribution in [3.8, 4) is 0 Å². The van der Waals surface area contributed by atoms with Crippen molar-refractivity contribution < 1.29 is 19.1 Å². The van der Waals surface area contributed by atoms with Gasteiger partial charge in [-0.25, -0.2) is 9.18 Å². The lowest BCUT2D eigenvalue weighted by Gasteiger charge is -2.28. The van der Waals surface area contributed by atoms with Gasteiger partial charge < -0.3 is 15.7 Å². The Morgan fingerprint density at radius 1 is 1.33 bits per heavy atom. The number of carbonyl (C=O) groups is 2. The number of urea groups is 1. The fourth-order valence-electron chi connectivity index (χ4n) is 2.85. The number of hydrogen-bond acceptors (Lipinski definition) is 2. The summed E-state index contributed by atoms with van der Waals surface area (Å²) in [4.78, 5) is 23.1. The van der Waals surface area contributed by atoms with Gasteiger partial charge in [-0.2, -0.15) is 0 Å². The Hall–Kier alpha value is -2.11. The lowest BCUT2D eigenvalue weighted by Crippen LogP contribution is -2.49. The van der Waals surface area contributed by atoms with Crippen LogP contribution in [0.1, 0.15) is 37.7 Å². The van der Waals surface area contributed by atoms with Crippen LogP contribution >= 0.6 is 0 Å². The molecule has 0 spiro atoms. The summed E-state index contributed by atoms with van der Waals surface area (Å²) in [6, 6.07) is 3.64. The number of carboxylic acid groups (broad SMARTS) is 1. The van der Waals surface area contributed by atoms with Gasteiger partial charge in [0.05, 0.1) is 12.0 Å². The molecule has 0 aliphatic heterocycles. The highest BCUT2D eigenvalue weighted by molar-refractivity contribution is 5.91. The number of benzene rings is 1. The van der Waals surface area contributed by atoms with Crippen LogP contribution in [0.2, 0.25) is 0 Å². The van der Waals surface area contributed by atoms with E-state index in [1.807, 2.05) is 0 Å². The maximum absolute atomic E-state index is 13.0. The summed E-state index contributed by atoms with van der Waals surface area (Å²) in [5.41, 5.74) is 0.449. The lowest BCUT2D eigenvalue weighted by atomic mass is 9.93. The zero-order valence-corrected chi connectivity index (χ0v) is 11.9. The molecule has 0 saturated heterocycles. The number of halogens is 1. The molecule has 1 saturated carbocycles. The van der Waals surface area contributed by atoms with Crippen molar-refractivity contribution in [3.05, 3.63) is 29.6 Å². The first kappa shape index (κ1) is 15.3. The number of aliphatic carboxylic acids is 1. The van der Waals surface area contributed by atoms with Gasteiger partial charge in [0.1, 0.15) is 5.82 Å². The van der Waals surface area contributed by atoms with Gasteiger partial charge in [-0.05, 0) is 43.5 Å². The Morgan fingerprint density at radius 2 is 2.00 bits per heavy atom. The highest BCUT2D eigenvalue weighted by Crippen LogP contribution is 2.32. The number of amides is 2. The average Bonchev–Trinajstić information content (AvgIpc) is 2.80. The van der Waals surface area contributed by atoms with Gasteiger partial charge in [0.25, 0.3) is 0 Å². The highest BCUT2D eigenvalue weighted by Gasteiger charge is 2.37. The Bertz CT molecular complexity index is 554. The number of aryl methyl sites for hydroxylation is 1. The zero-order chi connectivity index (χ0) is 15.5. The van der Waals surface area contributed by atoms with Crippen LogP contribution < -0.4 is 10.6 Å². The minimum atomic E-state index is -0.921. The SMILES string of the molecule is Cc1cc(F)ccc1NC(=O)NC1(CC(=O)O)CCCC1. The first-order chi connectivity index (χ1) is 9.90. The van der Waals surface area contributed by atoms with Crippen molar-refractivity contribution >= 4 is 17.7 Å². The maximum Gasteiger partial charge on any atom is 0.319 e. The van der Waals surface area contributed by atoms with E-state index in [0.29, 0.717) is 24.1 Å². The molecule has 6 heteroatoms. The van der Waals surface area contributed by atoms with Crippen molar-refractivity contribution in [3.63, 3.8) is 0 Å². The standard InChI is InChI=1S/C15H19FN2O3/c1-10-8-11(16)4-5-12(10)17-14(21)18-15(9-13(19)20)6-2-3-7-15/h4-5,8H,2-3,6-7,9H2,1H3,(H,19,20)(H2,17,18,21). The second-order valence-corrected chi connectivity index (χ2v) is 5.60. The Labute approximate surface area is 122 Å². The smallest absolute Gasteiger partial charge is 0.319 e. The van der Waals surface area contributed by atoms with Gasteiger partial charge in [-0.15, -0.1) is 0 Å². The van der Waals surface area contributed by atoms with Crippen LogP contribution in [0.5, 0.6) is 0 Å². The van der Waals surface area contributed by atoms with E-state index in [0.717, 1.165) is 12.8 Å². The van der Waals surface area contributed by atoms with Crippen LogP contribution in [-0.4, -0.2) is 22.6 Å². The summed E-state index contributed by atoms with van der Waals surface area (Å²) in [5, 5.41) is 14.4. The molecule has 0 heterocycles. The molecule has 0 bridgehead atoms. The van der Waals surface area contributed by atoms with Gasteiger partial charge in [0, 0.05) is 5.69 Å². The molecule has 2 amide bonds. The molecular weight excluding hydrogens is 275 g/mol. The molecule has 0 radical (unpaired) electrons. The Kier molecular flexibility index (Phi) is 4.45. The summed E-state index contributed by atoms with van der Waals surface area (Å²) in [7, 11) is 0. The van der Waals surface area contributed by atoms with E-state index in [4.69, 9.17) is 5.11 Å². The van der Waals surface area contributed by atoms with Crippen LogP contribution in [-0.2, 0) is 4.79 Å². The molecule has 3 N–H and O–H groups in total. The van der Waals surface area contributed by atoms with Gasteiger partial charge in [-0.1, -0.05) is 12.8 Å². The summed E-state index contributed by atoms with van der Waals surface area (Å²) < 4.78 is 13.0. The van der Waals surface area contributed by atoms with E-state index in [2.05, 4.69) is 10.6 Å². The van der Waals surface area contributed by atoms with Crippen molar-refractivity contribution in [1.82, 2.24) is 5.32 Å². The van der Waals surface area contributed by atoms with Crippen molar-refractivity contribution in [2.75, 3.05) is 5.32 Å². The summed E-state index contributed by atoms with van der Waals surface area (Å²) in [5.74, 6) is -1.29. The summed E-state index contributed by atoms with van der Waals surface area (Å²) in [6.45, 7) is 1.70. The van der Waals surface area contributed by atoms with Crippen LogP contribution in [0.3, 0.4) is 0 Å². The number of nitrogens with one attached hydrogen (secondary N) is 2. The second-order valence-electron chi connectivity index (χ2n) is 5.60. The average molecular weight is 294 g/mol. The van der Waals surface area contributed by atoms with Crippen LogP contribution in [0.25, 0.3) is 0 Å². The molecule has 0 aromatic heterocycles. The quantitative estimate of drug-likeness (QED) is 0.798. The Morgan fingerprint density at radius 3 is 2.57 bits per heavy atom. The van der Waals surface area contributed by atoms with Gasteiger partial charge in [0.2, 0.25) is 0 Å². The monoisotopic (exact) mass is 294 g/mol. The molecule has 21 heavy (non-hydrogen) atoms. The van der Waals surface area contributed by atoms with Crippen molar-refractivity contribution in [2.24, 2.45) is 0 Å². The minimum absolute atomic E-state index is 0.0805. The molecule has 1 aliphatic rings. The minimum Gasteiger partial charge on any atom is -0.481 e. The van der Waals surface area contributed by atoms with E-state index < -0.39 is 17.5 Å². The first-order valence-electron chi connectivity index (χ1n) is 6.97. The first-order valence-corrected chi connectivity index (χ1v) is 6.97. The van der Waals surface area contributed by atoms with E-state index in [-0.39, 0.29) is 12.2 Å². The largest absolute Gasteiger partial charge is 0.481 e. The van der Waals surface area contributed by atoms with Gasteiger partial charge >= 0.3 is 12.0 Å².